The van der Waals surface area contributed by atoms with Crippen LogP contribution in [0.15, 0.2) is 0 Å². The molecule has 3 nitrogen and oxygen atoms in total. The minimum absolute atomic E-state index is 0.0505. The zero-order valence-electron chi connectivity index (χ0n) is 12.6. The van der Waals surface area contributed by atoms with E-state index in [1.54, 1.807) is 11.8 Å². The van der Waals surface area contributed by atoms with E-state index < -0.39 is 0 Å². The molecule has 0 radical (unpaired) electrons. The first-order valence-corrected chi connectivity index (χ1v) is 8.01. The number of nitrogens with zero attached hydrogens (tertiary/aromatic N) is 1. The van der Waals surface area contributed by atoms with E-state index in [-0.39, 0.29) is 23.2 Å². The van der Waals surface area contributed by atoms with Gasteiger partial charge < -0.3 is 4.74 Å². The van der Waals surface area contributed by atoms with Crippen LogP contribution in [-0.4, -0.2) is 47.1 Å². The predicted octanol–water partition coefficient (Wildman–Crippen LogP) is 2.93. The number of thioether (sulfide) groups is 1. The van der Waals surface area contributed by atoms with Gasteiger partial charge in [-0.2, -0.15) is 11.8 Å². The highest BCUT2D eigenvalue weighted by molar-refractivity contribution is 7.98. The highest BCUT2D eigenvalue weighted by Gasteiger charge is 2.44. The fourth-order valence-corrected chi connectivity index (χ4v) is 3.16. The maximum absolute atomic E-state index is 11.7. The summed E-state index contributed by atoms with van der Waals surface area (Å²) in [6.07, 6.45) is 4.42. The number of rotatable bonds is 4. The van der Waals surface area contributed by atoms with Gasteiger partial charge in [0.15, 0.2) is 0 Å². The van der Waals surface area contributed by atoms with Crippen LogP contribution in [0.1, 0.15) is 47.0 Å². The summed E-state index contributed by atoms with van der Waals surface area (Å²) >= 11 is 1.68. The molecule has 1 rings (SSSR count). The normalized spacial score (nSPS) is 23.9. The molecule has 0 unspecified atom stereocenters. The molecule has 0 aromatic carbocycles. The smallest absolute Gasteiger partial charge is 0.306 e. The number of likely N-dealkylation sites (tertiary alicyclic amines) is 1. The molecule has 0 atom stereocenters. The average Bonchev–Trinajstić information content (AvgIpc) is 2.22. The Hall–Kier alpha value is -0.220. The van der Waals surface area contributed by atoms with Crippen molar-refractivity contribution in [3.63, 3.8) is 0 Å². The van der Waals surface area contributed by atoms with Crippen LogP contribution in [0.4, 0.5) is 0 Å². The van der Waals surface area contributed by atoms with Gasteiger partial charge in [-0.05, 0) is 41.0 Å². The molecule has 0 aromatic rings. The zero-order valence-corrected chi connectivity index (χ0v) is 13.4. The molecule has 1 aliphatic rings. The van der Waals surface area contributed by atoms with Crippen LogP contribution >= 0.6 is 11.8 Å². The Morgan fingerprint density at radius 3 is 2.22 bits per heavy atom. The van der Waals surface area contributed by atoms with E-state index in [1.165, 1.54) is 0 Å². The molecule has 1 heterocycles. The monoisotopic (exact) mass is 273 g/mol. The summed E-state index contributed by atoms with van der Waals surface area (Å²) in [5, 5.41) is 0. The molecule has 0 aromatic heterocycles. The number of piperidine rings is 1. The van der Waals surface area contributed by atoms with E-state index >= 15 is 0 Å². The highest BCUT2D eigenvalue weighted by atomic mass is 32.2. The van der Waals surface area contributed by atoms with Crippen LogP contribution in [0, 0.1) is 0 Å². The first-order chi connectivity index (χ1) is 8.19. The molecular weight excluding hydrogens is 246 g/mol. The summed E-state index contributed by atoms with van der Waals surface area (Å²) in [7, 11) is 2.16. The lowest BCUT2D eigenvalue weighted by atomic mass is 9.79. The van der Waals surface area contributed by atoms with Crippen molar-refractivity contribution in [1.82, 2.24) is 4.90 Å². The molecule has 0 amide bonds. The minimum Gasteiger partial charge on any atom is -0.462 e. The summed E-state index contributed by atoms with van der Waals surface area (Å²) in [5.74, 6) is 0.795. The lowest BCUT2D eigenvalue weighted by molar-refractivity contribution is -0.158. The second-order valence-electron chi connectivity index (χ2n) is 6.45. The topological polar surface area (TPSA) is 29.5 Å². The molecular formula is C14H27NO2S. The summed E-state index contributed by atoms with van der Waals surface area (Å²) in [6, 6.07) is 0. The maximum Gasteiger partial charge on any atom is 0.306 e. The van der Waals surface area contributed by atoms with Crippen LogP contribution in [-0.2, 0) is 9.53 Å². The van der Waals surface area contributed by atoms with Crippen molar-refractivity contribution < 1.29 is 9.53 Å². The number of carbonyl (C=O) groups is 1. The molecule has 0 aliphatic carbocycles. The Kier molecular flexibility index (Phi) is 5.13. The van der Waals surface area contributed by atoms with E-state index in [0.717, 1.165) is 18.6 Å². The van der Waals surface area contributed by atoms with Gasteiger partial charge in [0.05, 0.1) is 6.42 Å². The van der Waals surface area contributed by atoms with Crippen LogP contribution < -0.4 is 0 Å². The average molecular weight is 273 g/mol. The third kappa shape index (κ3) is 3.89. The lowest BCUT2D eigenvalue weighted by Gasteiger charge is -2.53. The molecule has 106 valence electrons. The standard InChI is InChI=1S/C14H27NO2S/c1-13(2)9-11(10-14(3,4)15(13)5)17-12(16)7-8-18-6/h11H,7-10H2,1-6H3. The van der Waals surface area contributed by atoms with E-state index in [4.69, 9.17) is 4.74 Å². The summed E-state index contributed by atoms with van der Waals surface area (Å²) in [4.78, 5) is 14.1. The van der Waals surface area contributed by atoms with Gasteiger partial charge in [0.25, 0.3) is 0 Å². The second-order valence-corrected chi connectivity index (χ2v) is 7.43. The molecule has 4 heteroatoms. The third-order valence-electron chi connectivity index (χ3n) is 4.08. The Labute approximate surface area is 116 Å². The Morgan fingerprint density at radius 2 is 1.78 bits per heavy atom. The second kappa shape index (κ2) is 5.83. The first-order valence-electron chi connectivity index (χ1n) is 6.61. The molecule has 0 N–H and O–H groups in total. The summed E-state index contributed by atoms with van der Waals surface area (Å²) in [5.41, 5.74) is 0.151. The summed E-state index contributed by atoms with van der Waals surface area (Å²) < 4.78 is 5.63. The van der Waals surface area contributed by atoms with Crippen molar-refractivity contribution in [3.8, 4) is 0 Å². The SMILES string of the molecule is CSCCC(=O)OC1CC(C)(C)N(C)C(C)(C)C1. The van der Waals surface area contributed by atoms with Crippen molar-refractivity contribution in [2.24, 2.45) is 0 Å². The fraction of sp³-hybridized carbons (Fsp3) is 0.929. The van der Waals surface area contributed by atoms with Crippen LogP contribution in [0.5, 0.6) is 0 Å². The van der Waals surface area contributed by atoms with Gasteiger partial charge in [0.2, 0.25) is 0 Å². The third-order valence-corrected chi connectivity index (χ3v) is 4.69. The Balaban J connectivity index is 2.61. The fourth-order valence-electron chi connectivity index (χ4n) is 2.79. The zero-order chi connectivity index (χ0) is 14.0. The molecule has 1 aliphatic heterocycles. The number of carbonyl (C=O) groups excluding carboxylic acids is 1. The van der Waals surface area contributed by atoms with Gasteiger partial charge in [-0.3, -0.25) is 9.69 Å². The molecule has 1 fully saturated rings. The number of esters is 1. The largest absolute Gasteiger partial charge is 0.462 e. The van der Waals surface area contributed by atoms with Crippen LogP contribution in [0.25, 0.3) is 0 Å². The first kappa shape index (κ1) is 15.8. The maximum atomic E-state index is 11.7. The van der Waals surface area contributed by atoms with Crippen LogP contribution in [0.3, 0.4) is 0 Å². The highest BCUT2D eigenvalue weighted by Crippen LogP contribution is 2.38. The Bertz CT molecular complexity index is 284. The van der Waals surface area contributed by atoms with E-state index in [2.05, 4.69) is 39.6 Å². The van der Waals surface area contributed by atoms with Gasteiger partial charge in [0.1, 0.15) is 6.10 Å². The molecule has 0 bridgehead atoms. The van der Waals surface area contributed by atoms with Gasteiger partial charge in [0, 0.05) is 29.7 Å². The van der Waals surface area contributed by atoms with E-state index in [9.17, 15) is 4.79 Å². The molecule has 0 spiro atoms. The van der Waals surface area contributed by atoms with E-state index in [0.29, 0.717) is 6.42 Å². The number of hydrogen-bond acceptors (Lipinski definition) is 4. The van der Waals surface area contributed by atoms with Crippen molar-refractivity contribution in [3.05, 3.63) is 0 Å². The predicted molar refractivity (Wildman–Crippen MR) is 78.0 cm³/mol. The van der Waals surface area contributed by atoms with Crippen molar-refractivity contribution in [1.29, 1.82) is 0 Å². The van der Waals surface area contributed by atoms with Crippen molar-refractivity contribution >= 4 is 17.7 Å². The lowest BCUT2D eigenvalue weighted by Crippen LogP contribution is -2.60. The summed E-state index contributed by atoms with van der Waals surface area (Å²) in [6.45, 7) is 8.88. The van der Waals surface area contributed by atoms with Crippen LogP contribution in [0.2, 0.25) is 0 Å². The minimum atomic E-state index is -0.0505. The number of hydrogen-bond donors (Lipinski definition) is 0. The molecule has 0 saturated carbocycles. The van der Waals surface area contributed by atoms with Gasteiger partial charge in [-0.15, -0.1) is 0 Å². The van der Waals surface area contributed by atoms with Gasteiger partial charge >= 0.3 is 5.97 Å². The van der Waals surface area contributed by atoms with Crippen molar-refractivity contribution in [2.75, 3.05) is 19.1 Å². The number of ether oxygens (including phenoxy) is 1. The molecule has 1 saturated heterocycles. The van der Waals surface area contributed by atoms with Gasteiger partial charge in [-0.25, -0.2) is 0 Å². The van der Waals surface area contributed by atoms with Crippen molar-refractivity contribution in [2.45, 2.75) is 64.1 Å². The van der Waals surface area contributed by atoms with Gasteiger partial charge in [-0.1, -0.05) is 0 Å². The quantitative estimate of drug-likeness (QED) is 0.737. The Morgan fingerprint density at radius 1 is 1.28 bits per heavy atom. The molecule has 18 heavy (non-hydrogen) atoms. The van der Waals surface area contributed by atoms with E-state index in [1.807, 2.05) is 6.26 Å².